The van der Waals surface area contributed by atoms with Crippen LogP contribution in [-0.2, 0) is 4.74 Å². The summed E-state index contributed by atoms with van der Waals surface area (Å²) in [6, 6.07) is 7.51. The van der Waals surface area contributed by atoms with Crippen molar-refractivity contribution < 1.29 is 19.3 Å². The van der Waals surface area contributed by atoms with Crippen LogP contribution in [0.15, 0.2) is 24.3 Å². The summed E-state index contributed by atoms with van der Waals surface area (Å²) in [7, 11) is 0. The first kappa shape index (κ1) is 12.2. The third-order valence-corrected chi connectivity index (χ3v) is 2.45. The molecule has 94 valence electrons. The Morgan fingerprint density at radius 1 is 1.41 bits per heavy atom. The summed E-state index contributed by atoms with van der Waals surface area (Å²) >= 11 is 0. The molecular formula is C12H17NO4. The molecule has 0 radical (unpaired) electrons. The van der Waals surface area contributed by atoms with E-state index in [1.165, 1.54) is 0 Å². The molecule has 0 aliphatic carbocycles. The van der Waals surface area contributed by atoms with Gasteiger partial charge in [0.05, 0.1) is 19.3 Å². The Kier molecular flexibility index (Phi) is 4.19. The highest BCUT2D eigenvalue weighted by Crippen LogP contribution is 2.30. The third-order valence-electron chi connectivity index (χ3n) is 2.45. The molecule has 0 aromatic heterocycles. The summed E-state index contributed by atoms with van der Waals surface area (Å²) in [6.45, 7) is 1.25. The van der Waals surface area contributed by atoms with Crippen LogP contribution in [-0.4, -0.2) is 43.7 Å². The van der Waals surface area contributed by atoms with Crippen molar-refractivity contribution >= 4 is 0 Å². The van der Waals surface area contributed by atoms with Crippen LogP contribution in [0.25, 0.3) is 0 Å². The standard InChI is InChI=1S/C12H17NO4/c13-5-9(14)6-15-7-10-8-16-11-3-1-2-4-12(11)17-10/h1-4,9-10,14H,5-8,13H2/t9-,10-/m1/s1. The van der Waals surface area contributed by atoms with Crippen LogP contribution in [0.2, 0.25) is 0 Å². The molecule has 5 nitrogen and oxygen atoms in total. The van der Waals surface area contributed by atoms with Gasteiger partial charge in [0.2, 0.25) is 0 Å². The van der Waals surface area contributed by atoms with E-state index in [1.807, 2.05) is 24.3 Å². The van der Waals surface area contributed by atoms with Gasteiger partial charge in [0.1, 0.15) is 6.61 Å². The van der Waals surface area contributed by atoms with E-state index < -0.39 is 6.10 Å². The summed E-state index contributed by atoms with van der Waals surface area (Å²) in [5, 5.41) is 9.22. The molecule has 1 heterocycles. The average Bonchev–Trinajstić information content (AvgIpc) is 2.38. The Morgan fingerprint density at radius 2 is 2.18 bits per heavy atom. The second-order valence-corrected chi connectivity index (χ2v) is 3.92. The number of para-hydroxylation sites is 2. The molecule has 0 fully saturated rings. The number of hydrogen-bond donors (Lipinski definition) is 2. The Hall–Kier alpha value is -1.30. The van der Waals surface area contributed by atoms with E-state index in [-0.39, 0.29) is 19.3 Å². The molecule has 0 saturated carbocycles. The van der Waals surface area contributed by atoms with Crippen LogP contribution in [0.4, 0.5) is 0 Å². The number of benzene rings is 1. The van der Waals surface area contributed by atoms with E-state index in [4.69, 9.17) is 19.9 Å². The molecule has 1 aromatic carbocycles. The maximum atomic E-state index is 9.22. The number of fused-ring (bicyclic) bond motifs is 1. The number of aliphatic hydroxyl groups is 1. The van der Waals surface area contributed by atoms with Gasteiger partial charge in [0.15, 0.2) is 17.6 Å². The zero-order valence-electron chi connectivity index (χ0n) is 9.54. The number of ether oxygens (including phenoxy) is 3. The van der Waals surface area contributed by atoms with Crippen molar-refractivity contribution in [2.24, 2.45) is 5.73 Å². The average molecular weight is 239 g/mol. The first-order valence-electron chi connectivity index (χ1n) is 5.64. The number of rotatable bonds is 5. The molecule has 0 amide bonds. The predicted octanol–water partition coefficient (Wildman–Crippen LogP) is 0.163. The zero-order valence-corrected chi connectivity index (χ0v) is 9.54. The monoisotopic (exact) mass is 239 g/mol. The van der Waals surface area contributed by atoms with E-state index in [2.05, 4.69) is 0 Å². The highest BCUT2D eigenvalue weighted by Gasteiger charge is 2.20. The second-order valence-electron chi connectivity index (χ2n) is 3.92. The number of hydrogen-bond acceptors (Lipinski definition) is 5. The normalized spacial score (nSPS) is 20.0. The van der Waals surface area contributed by atoms with Crippen molar-refractivity contribution in [1.29, 1.82) is 0 Å². The SMILES string of the molecule is NC[C@@H](O)COC[C@@H]1COc2ccccc2O1. The first-order chi connectivity index (χ1) is 8.29. The third kappa shape index (κ3) is 3.33. The summed E-state index contributed by atoms with van der Waals surface area (Å²) in [4.78, 5) is 0. The minimum absolute atomic E-state index is 0.144. The fourth-order valence-electron chi connectivity index (χ4n) is 1.55. The van der Waals surface area contributed by atoms with Gasteiger partial charge >= 0.3 is 0 Å². The lowest BCUT2D eigenvalue weighted by Crippen LogP contribution is -2.35. The van der Waals surface area contributed by atoms with Crippen LogP contribution in [0.3, 0.4) is 0 Å². The molecule has 5 heteroatoms. The molecule has 0 spiro atoms. The van der Waals surface area contributed by atoms with E-state index in [0.29, 0.717) is 13.2 Å². The van der Waals surface area contributed by atoms with Crippen molar-refractivity contribution in [3.63, 3.8) is 0 Å². The molecule has 3 N–H and O–H groups in total. The fraction of sp³-hybridized carbons (Fsp3) is 0.500. The first-order valence-corrected chi connectivity index (χ1v) is 5.64. The van der Waals surface area contributed by atoms with Crippen LogP contribution in [0.1, 0.15) is 0 Å². The molecule has 0 bridgehead atoms. The van der Waals surface area contributed by atoms with Gasteiger partial charge in [0.25, 0.3) is 0 Å². The Bertz CT molecular complexity index is 358. The Balaban J connectivity index is 1.78. The summed E-state index contributed by atoms with van der Waals surface area (Å²) in [6.07, 6.45) is -0.762. The fourth-order valence-corrected chi connectivity index (χ4v) is 1.55. The van der Waals surface area contributed by atoms with Crippen LogP contribution < -0.4 is 15.2 Å². The maximum absolute atomic E-state index is 9.22. The molecule has 2 rings (SSSR count). The van der Waals surface area contributed by atoms with E-state index in [0.717, 1.165) is 11.5 Å². The quantitative estimate of drug-likeness (QED) is 0.765. The molecule has 1 aliphatic rings. The molecule has 1 aromatic rings. The van der Waals surface area contributed by atoms with Crippen molar-refractivity contribution in [3.05, 3.63) is 24.3 Å². The van der Waals surface area contributed by atoms with Gasteiger partial charge in [-0.1, -0.05) is 12.1 Å². The Morgan fingerprint density at radius 3 is 2.94 bits per heavy atom. The molecule has 17 heavy (non-hydrogen) atoms. The smallest absolute Gasteiger partial charge is 0.161 e. The van der Waals surface area contributed by atoms with E-state index >= 15 is 0 Å². The van der Waals surface area contributed by atoms with Crippen LogP contribution in [0.5, 0.6) is 11.5 Å². The summed E-state index contributed by atoms with van der Waals surface area (Å²) in [5.41, 5.74) is 5.27. The topological polar surface area (TPSA) is 73.9 Å². The van der Waals surface area contributed by atoms with Gasteiger partial charge in [-0.2, -0.15) is 0 Å². The molecule has 0 unspecified atom stereocenters. The largest absolute Gasteiger partial charge is 0.486 e. The maximum Gasteiger partial charge on any atom is 0.161 e. The van der Waals surface area contributed by atoms with Gasteiger partial charge < -0.3 is 25.1 Å². The number of nitrogens with two attached hydrogens (primary N) is 1. The highest BCUT2D eigenvalue weighted by molar-refractivity contribution is 5.40. The highest BCUT2D eigenvalue weighted by atomic mass is 16.6. The zero-order chi connectivity index (χ0) is 12.1. The van der Waals surface area contributed by atoms with Crippen LogP contribution in [0, 0.1) is 0 Å². The van der Waals surface area contributed by atoms with Crippen LogP contribution >= 0.6 is 0 Å². The Labute approximate surface area is 100 Å². The lowest BCUT2D eigenvalue weighted by molar-refractivity contribution is -0.0194. The van der Waals surface area contributed by atoms with E-state index in [9.17, 15) is 5.11 Å². The molecule has 2 atom stereocenters. The summed E-state index contributed by atoms with van der Waals surface area (Å²) < 4.78 is 16.5. The van der Waals surface area contributed by atoms with Gasteiger partial charge in [-0.25, -0.2) is 0 Å². The van der Waals surface area contributed by atoms with Gasteiger partial charge in [-0.15, -0.1) is 0 Å². The predicted molar refractivity (Wildman–Crippen MR) is 62.2 cm³/mol. The van der Waals surface area contributed by atoms with Crippen molar-refractivity contribution in [3.8, 4) is 11.5 Å². The van der Waals surface area contributed by atoms with Gasteiger partial charge in [-0.3, -0.25) is 0 Å². The second kappa shape index (κ2) is 5.86. The molecule has 1 aliphatic heterocycles. The lowest BCUT2D eigenvalue weighted by Gasteiger charge is -2.26. The van der Waals surface area contributed by atoms with Crippen molar-refractivity contribution in [2.45, 2.75) is 12.2 Å². The summed E-state index contributed by atoms with van der Waals surface area (Å²) in [5.74, 6) is 1.48. The van der Waals surface area contributed by atoms with Crippen molar-refractivity contribution in [1.82, 2.24) is 0 Å². The lowest BCUT2D eigenvalue weighted by atomic mass is 10.2. The van der Waals surface area contributed by atoms with Gasteiger partial charge in [-0.05, 0) is 12.1 Å². The minimum atomic E-state index is -0.619. The molecule has 0 saturated heterocycles. The van der Waals surface area contributed by atoms with E-state index in [1.54, 1.807) is 0 Å². The number of aliphatic hydroxyl groups excluding tert-OH is 1. The minimum Gasteiger partial charge on any atom is -0.486 e. The van der Waals surface area contributed by atoms with Crippen molar-refractivity contribution in [2.75, 3.05) is 26.4 Å². The molecular weight excluding hydrogens is 222 g/mol. The van der Waals surface area contributed by atoms with Gasteiger partial charge in [0, 0.05) is 6.54 Å².